The predicted octanol–water partition coefficient (Wildman–Crippen LogP) is -7.31. The van der Waals surface area contributed by atoms with Crippen LogP contribution in [0.3, 0.4) is 0 Å². The van der Waals surface area contributed by atoms with Crippen LogP contribution in [0.5, 0.6) is 0 Å². The van der Waals surface area contributed by atoms with Crippen molar-refractivity contribution in [1.82, 2.24) is 15.0 Å². The Balaban J connectivity index is 1.30. The number of hydrogen-bond donors (Lipinski definition) is 0. The van der Waals surface area contributed by atoms with E-state index in [1.165, 1.54) is 71.3 Å². The minimum atomic E-state index is 0.623. The number of para-hydroxylation sites is 1. The summed E-state index contributed by atoms with van der Waals surface area (Å²) in [4.78, 5) is 15.3. The molecule has 0 fully saturated rings. The summed E-state index contributed by atoms with van der Waals surface area (Å²) in [6.45, 7) is 0. The molecule has 0 bridgehead atoms. The van der Waals surface area contributed by atoms with Gasteiger partial charge in [-0.15, -0.1) is 32.8 Å². The van der Waals surface area contributed by atoms with Crippen LogP contribution in [0.4, 0.5) is 0 Å². The van der Waals surface area contributed by atoms with Crippen LogP contribution in [0.1, 0.15) is 0 Å². The maximum absolute atomic E-state index is 6.68. The molecule has 242 valence electrons. The highest BCUT2D eigenvalue weighted by atomic mass is 16.3. The highest BCUT2D eigenvalue weighted by Gasteiger charge is 2.20. The molecule has 2 heterocycles. The second kappa shape index (κ2) is 13.3. The molecule has 0 radical (unpaired) electrons. The topological polar surface area (TPSA) is 51.8 Å². The molecule has 6 aromatic carbocycles. The van der Waals surface area contributed by atoms with Gasteiger partial charge in [-0.1, -0.05) is 88.6 Å². The van der Waals surface area contributed by atoms with E-state index in [4.69, 9.17) is 19.4 Å². The first-order chi connectivity index (χ1) is 25.4. The lowest BCUT2D eigenvalue weighted by molar-refractivity contribution is 0.670. The van der Waals surface area contributed by atoms with Crippen molar-refractivity contribution in [2.75, 3.05) is 0 Å². The van der Waals surface area contributed by atoms with Gasteiger partial charge in [0.25, 0.3) is 0 Å². The largest absolute Gasteiger partial charge is 0.455 e. The van der Waals surface area contributed by atoms with Gasteiger partial charge in [-0.05, 0) is 41.0 Å². The lowest BCUT2D eigenvalue weighted by Gasteiger charge is -2.20. The zero-order valence-corrected chi connectivity index (χ0v) is 32.4. The highest BCUT2D eigenvalue weighted by molar-refractivity contribution is 6.70. The fourth-order valence-electron chi connectivity index (χ4n) is 8.14. The number of furan rings is 1. The molecule has 2 aromatic heterocycles. The number of fused-ring (bicyclic) bond motifs is 3. The molecular weight excluding hydrogens is 635 g/mol. The van der Waals surface area contributed by atoms with Crippen LogP contribution in [-0.4, -0.2) is 93.4 Å². The van der Waals surface area contributed by atoms with Gasteiger partial charge in [0.15, 0.2) is 17.5 Å². The highest BCUT2D eigenvalue weighted by Crippen LogP contribution is 2.37. The van der Waals surface area contributed by atoms with Gasteiger partial charge in [0.05, 0.1) is 0 Å². The number of rotatable bonds is 5. The summed E-state index contributed by atoms with van der Waals surface area (Å²) in [5.74, 6) is 1.90. The van der Waals surface area contributed by atoms with Gasteiger partial charge in [-0.3, -0.25) is 0 Å². The Kier molecular flexibility index (Phi) is 8.76. The third kappa shape index (κ3) is 5.74. The van der Waals surface area contributed by atoms with Crippen molar-refractivity contribution >= 4 is 155 Å². The van der Waals surface area contributed by atoms with E-state index in [1.54, 1.807) is 0 Å². The third-order valence-electron chi connectivity index (χ3n) is 12.1. The van der Waals surface area contributed by atoms with Crippen LogP contribution < -0.4 is 54.6 Å². The Morgan fingerprint density at radius 3 is 1.43 bits per heavy atom. The third-order valence-corrected chi connectivity index (χ3v) is 12.1. The van der Waals surface area contributed by atoms with Crippen LogP contribution in [0.15, 0.2) is 95.4 Å². The zero-order valence-electron chi connectivity index (χ0n) is 32.4. The summed E-state index contributed by atoms with van der Waals surface area (Å²) in [5, 5.41) is 2.12. The smallest absolute Gasteiger partial charge is 0.164 e. The van der Waals surface area contributed by atoms with Gasteiger partial charge in [-0.2, -0.15) is 0 Å². The monoisotopic (exact) mass is 671 g/mol. The van der Waals surface area contributed by atoms with E-state index >= 15 is 0 Å². The van der Waals surface area contributed by atoms with Crippen molar-refractivity contribution < 1.29 is 4.42 Å². The van der Waals surface area contributed by atoms with E-state index in [0.29, 0.717) is 17.5 Å². The SMILES string of the molecule is Bc1c(B)c(B)c(-c2cccc(-c3nc(-c4ccccc4)nc(-c4ccc5oc6c(-c7c(B)c(B)c(B)c(B)c7B)cccc6c5c4)n3)c2)c(B)c1B. The van der Waals surface area contributed by atoms with Crippen molar-refractivity contribution in [1.29, 1.82) is 0 Å². The Morgan fingerprint density at radius 1 is 0.358 bits per heavy atom. The molecule has 8 aromatic rings. The normalized spacial score (nSPS) is 11.4. The molecule has 0 aliphatic carbocycles. The number of aromatic nitrogens is 3. The maximum atomic E-state index is 6.68. The second-order valence-corrected chi connectivity index (χ2v) is 14.7. The average molecular weight is 670 g/mol. The molecule has 0 spiro atoms. The summed E-state index contributed by atoms with van der Waals surface area (Å²) in [6, 6.07) is 31.6. The molecule has 0 saturated carbocycles. The predicted molar refractivity (Wildman–Crippen MR) is 256 cm³/mol. The van der Waals surface area contributed by atoms with Gasteiger partial charge in [0.2, 0.25) is 0 Å². The molecule has 0 aliphatic rings. The number of nitrogens with zero attached hydrogens (tertiary/aromatic N) is 3. The number of hydrogen-bond acceptors (Lipinski definition) is 4. The van der Waals surface area contributed by atoms with E-state index in [0.717, 1.165) is 44.2 Å². The summed E-state index contributed by atoms with van der Waals surface area (Å²) in [5.41, 5.74) is 22.7. The molecule has 4 nitrogen and oxygen atoms in total. The van der Waals surface area contributed by atoms with Gasteiger partial charge in [-0.25, -0.2) is 15.0 Å². The molecule has 0 atom stereocenters. The second-order valence-electron chi connectivity index (χ2n) is 14.7. The van der Waals surface area contributed by atoms with Crippen LogP contribution in [0, 0.1) is 0 Å². The fraction of sp³-hybridized carbons (Fsp3) is 0. The molecule has 0 aliphatic heterocycles. The minimum absolute atomic E-state index is 0.623. The van der Waals surface area contributed by atoms with Crippen LogP contribution in [-0.2, 0) is 0 Å². The first-order valence-corrected chi connectivity index (χ1v) is 18.5. The van der Waals surface area contributed by atoms with Crippen molar-refractivity contribution in [3.05, 3.63) is 91.0 Å². The molecule has 14 heteroatoms. The molecule has 0 saturated heterocycles. The summed E-state index contributed by atoms with van der Waals surface area (Å²) in [6.07, 6.45) is 0. The molecule has 53 heavy (non-hydrogen) atoms. The van der Waals surface area contributed by atoms with Gasteiger partial charge >= 0.3 is 0 Å². The van der Waals surface area contributed by atoms with Crippen molar-refractivity contribution in [2.45, 2.75) is 0 Å². The first kappa shape index (κ1) is 34.8. The van der Waals surface area contributed by atoms with Crippen molar-refractivity contribution in [3.8, 4) is 56.4 Å². The van der Waals surface area contributed by atoms with E-state index in [1.807, 2.05) is 18.2 Å². The Morgan fingerprint density at radius 2 is 0.830 bits per heavy atom. The minimum Gasteiger partial charge on any atom is -0.455 e. The molecule has 0 N–H and O–H groups in total. The quantitative estimate of drug-likeness (QED) is 0.171. The van der Waals surface area contributed by atoms with E-state index in [-0.39, 0.29) is 0 Å². The van der Waals surface area contributed by atoms with Gasteiger partial charge in [0.1, 0.15) is 89.6 Å². The van der Waals surface area contributed by atoms with E-state index < -0.39 is 0 Å². The summed E-state index contributed by atoms with van der Waals surface area (Å²) in [7, 11) is 22.3. The lowest BCUT2D eigenvalue weighted by Crippen LogP contribution is -2.55. The van der Waals surface area contributed by atoms with E-state index in [9.17, 15) is 0 Å². The lowest BCUT2D eigenvalue weighted by atomic mass is 9.59. The maximum Gasteiger partial charge on any atom is 0.164 e. The van der Waals surface area contributed by atoms with Gasteiger partial charge in [0, 0.05) is 33.0 Å². The van der Waals surface area contributed by atoms with Crippen molar-refractivity contribution in [2.24, 2.45) is 0 Å². The Hall–Kier alpha value is -5.22. The van der Waals surface area contributed by atoms with E-state index in [2.05, 4.69) is 151 Å². The molecule has 0 unspecified atom stereocenters. The van der Waals surface area contributed by atoms with Crippen molar-refractivity contribution in [3.63, 3.8) is 0 Å². The van der Waals surface area contributed by atoms with Crippen LogP contribution >= 0.6 is 0 Å². The first-order valence-electron chi connectivity index (χ1n) is 18.5. The van der Waals surface area contributed by atoms with Crippen LogP contribution in [0.25, 0.3) is 78.4 Å². The molecule has 8 rings (SSSR count). The Labute approximate surface area is 320 Å². The summed E-state index contributed by atoms with van der Waals surface area (Å²) < 4.78 is 6.68. The molecular formula is C39H35B10N3O. The Bertz CT molecular complexity index is 2750. The fourth-order valence-corrected chi connectivity index (χ4v) is 8.14. The zero-order chi connectivity index (χ0) is 37.3. The van der Waals surface area contributed by atoms with Gasteiger partial charge < -0.3 is 4.42 Å². The average Bonchev–Trinajstić information content (AvgIpc) is 3.57. The van der Waals surface area contributed by atoms with Crippen LogP contribution in [0.2, 0.25) is 0 Å². The summed E-state index contributed by atoms with van der Waals surface area (Å²) >= 11 is 0. The standard InChI is InChI=1S/C39H35B10N3O/c40-26-24(27(41)31(45)34(48)30(26)44)17-8-4-9-18(14-17)38-50-37(16-6-2-1-3-7-16)51-39(52-38)19-12-13-23-22(15-19)20-10-5-11-21(36(20)53-23)25-28(42)32(46)35(49)33(47)29(25)43/h1-15H,40-49H2. The number of benzene rings is 6. The molecule has 0 amide bonds.